The van der Waals surface area contributed by atoms with Crippen molar-refractivity contribution < 1.29 is 14.7 Å². The van der Waals surface area contributed by atoms with E-state index in [1.54, 1.807) is 4.90 Å². The summed E-state index contributed by atoms with van der Waals surface area (Å²) < 4.78 is 0. The van der Waals surface area contributed by atoms with Crippen molar-refractivity contribution in [3.8, 4) is 0 Å². The quantitative estimate of drug-likeness (QED) is 0.878. The highest BCUT2D eigenvalue weighted by molar-refractivity contribution is 5.88. The fourth-order valence-electron chi connectivity index (χ4n) is 3.20. The minimum Gasteiger partial charge on any atom is -0.481 e. The van der Waals surface area contributed by atoms with Crippen molar-refractivity contribution in [2.45, 2.75) is 38.5 Å². The summed E-state index contributed by atoms with van der Waals surface area (Å²) in [6, 6.07) is 1.78. The Morgan fingerprint density at radius 1 is 1.18 bits per heavy atom. The molecule has 2 N–H and O–H groups in total. The van der Waals surface area contributed by atoms with Crippen molar-refractivity contribution in [1.82, 2.24) is 9.88 Å². The van der Waals surface area contributed by atoms with Crippen LogP contribution in [0.4, 0.5) is 10.6 Å². The Morgan fingerprint density at radius 3 is 2.55 bits per heavy atom. The van der Waals surface area contributed by atoms with Crippen LogP contribution in [0.25, 0.3) is 0 Å². The van der Waals surface area contributed by atoms with Crippen LogP contribution in [0.5, 0.6) is 0 Å². The van der Waals surface area contributed by atoms with Crippen molar-refractivity contribution >= 4 is 17.8 Å². The van der Waals surface area contributed by atoms with Gasteiger partial charge in [-0.25, -0.2) is 9.78 Å². The molecule has 2 amide bonds. The molecule has 0 saturated carbocycles. The molecule has 1 aliphatic carbocycles. The van der Waals surface area contributed by atoms with Gasteiger partial charge in [-0.05, 0) is 55.7 Å². The van der Waals surface area contributed by atoms with E-state index in [-0.39, 0.29) is 11.9 Å². The molecule has 1 saturated heterocycles. The number of carbonyl (C=O) groups is 2. The van der Waals surface area contributed by atoms with Crippen LogP contribution >= 0.6 is 0 Å². The first-order chi connectivity index (χ1) is 10.6. The first-order valence-electron chi connectivity index (χ1n) is 7.90. The van der Waals surface area contributed by atoms with Crippen molar-refractivity contribution in [1.29, 1.82) is 0 Å². The van der Waals surface area contributed by atoms with Gasteiger partial charge < -0.3 is 10.0 Å². The van der Waals surface area contributed by atoms with Crippen molar-refractivity contribution in [2.75, 3.05) is 18.4 Å². The van der Waals surface area contributed by atoms with Crippen LogP contribution in [0.15, 0.2) is 12.3 Å². The van der Waals surface area contributed by atoms with E-state index in [1.165, 1.54) is 24.0 Å². The molecule has 22 heavy (non-hydrogen) atoms. The molecule has 2 aliphatic rings. The number of amides is 2. The van der Waals surface area contributed by atoms with Crippen molar-refractivity contribution in [3.63, 3.8) is 0 Å². The maximum Gasteiger partial charge on any atom is 0.323 e. The Kier molecular flexibility index (Phi) is 4.27. The number of aryl methyl sites for hydroxylation is 2. The first kappa shape index (κ1) is 14.8. The Hall–Kier alpha value is -2.11. The Bertz CT molecular complexity index is 580. The molecule has 118 valence electrons. The van der Waals surface area contributed by atoms with E-state index in [9.17, 15) is 9.59 Å². The average Bonchev–Trinajstić information content (AvgIpc) is 2.55. The van der Waals surface area contributed by atoms with Gasteiger partial charge in [0.15, 0.2) is 0 Å². The molecule has 0 aromatic carbocycles. The minimum absolute atomic E-state index is 0.188. The van der Waals surface area contributed by atoms with E-state index in [4.69, 9.17) is 5.11 Å². The van der Waals surface area contributed by atoms with Gasteiger partial charge >= 0.3 is 12.0 Å². The normalized spacial score (nSPS) is 18.6. The van der Waals surface area contributed by atoms with E-state index < -0.39 is 5.97 Å². The second-order valence-electron chi connectivity index (χ2n) is 6.08. The molecule has 3 rings (SSSR count). The summed E-state index contributed by atoms with van der Waals surface area (Å²) >= 11 is 0. The summed E-state index contributed by atoms with van der Waals surface area (Å²) in [5, 5.41) is 11.8. The lowest BCUT2D eigenvalue weighted by Gasteiger charge is -2.30. The van der Waals surface area contributed by atoms with Crippen LogP contribution in [-0.4, -0.2) is 40.1 Å². The third-order valence-electron chi connectivity index (χ3n) is 4.59. The van der Waals surface area contributed by atoms with E-state index >= 15 is 0 Å². The number of aliphatic carboxylic acids is 1. The summed E-state index contributed by atoms with van der Waals surface area (Å²) in [6.45, 7) is 0.960. The molecule has 0 radical (unpaired) electrons. The maximum atomic E-state index is 12.2. The number of hydrogen-bond donors (Lipinski definition) is 2. The predicted molar refractivity (Wildman–Crippen MR) is 81.8 cm³/mol. The third-order valence-corrected chi connectivity index (χ3v) is 4.59. The number of anilines is 1. The number of nitrogens with one attached hydrogen (secondary N) is 1. The Labute approximate surface area is 129 Å². The highest BCUT2D eigenvalue weighted by Crippen LogP contribution is 2.23. The van der Waals surface area contributed by atoms with Gasteiger partial charge in [0.25, 0.3) is 0 Å². The van der Waals surface area contributed by atoms with Crippen LogP contribution in [-0.2, 0) is 17.6 Å². The molecule has 1 aromatic heterocycles. The molecule has 0 atom stereocenters. The summed E-state index contributed by atoms with van der Waals surface area (Å²) in [5.41, 5.74) is 2.56. The fourth-order valence-corrected chi connectivity index (χ4v) is 3.20. The number of carboxylic acids is 1. The van der Waals surface area contributed by atoms with Gasteiger partial charge in [0.2, 0.25) is 0 Å². The van der Waals surface area contributed by atoms with Crippen LogP contribution < -0.4 is 5.32 Å². The number of urea groups is 1. The molecule has 0 spiro atoms. The molecule has 0 unspecified atom stereocenters. The number of aromatic nitrogens is 1. The van der Waals surface area contributed by atoms with Gasteiger partial charge in [-0.3, -0.25) is 10.1 Å². The van der Waals surface area contributed by atoms with Crippen LogP contribution in [0.2, 0.25) is 0 Å². The van der Waals surface area contributed by atoms with E-state index in [1.807, 2.05) is 12.3 Å². The lowest BCUT2D eigenvalue weighted by atomic mass is 9.93. The zero-order valence-corrected chi connectivity index (χ0v) is 12.5. The standard InChI is InChI=1S/C16H21N3O3/c20-15(21)11-5-7-19(8-6-11)16(22)18-14-9-12-3-1-2-4-13(12)10-17-14/h9-11H,1-8H2,(H,20,21)(H,17,18,22). The van der Waals surface area contributed by atoms with Gasteiger partial charge in [-0.2, -0.15) is 0 Å². The topological polar surface area (TPSA) is 82.5 Å². The second-order valence-corrected chi connectivity index (χ2v) is 6.08. The van der Waals surface area contributed by atoms with Gasteiger partial charge in [-0.1, -0.05) is 0 Å². The van der Waals surface area contributed by atoms with Crippen molar-refractivity contribution in [3.05, 3.63) is 23.4 Å². The first-order valence-corrected chi connectivity index (χ1v) is 7.90. The number of hydrogen-bond acceptors (Lipinski definition) is 3. The fraction of sp³-hybridized carbons (Fsp3) is 0.562. The number of nitrogens with zero attached hydrogens (tertiary/aromatic N) is 2. The van der Waals surface area contributed by atoms with E-state index in [2.05, 4.69) is 10.3 Å². The Balaban J connectivity index is 1.59. The molecule has 6 heteroatoms. The SMILES string of the molecule is O=C(O)C1CCN(C(=O)Nc2cc3c(cn2)CCCC3)CC1. The average molecular weight is 303 g/mol. The molecular formula is C16H21N3O3. The molecule has 2 heterocycles. The molecule has 0 bridgehead atoms. The largest absolute Gasteiger partial charge is 0.481 e. The number of carbonyl (C=O) groups excluding carboxylic acids is 1. The van der Waals surface area contributed by atoms with Crippen LogP contribution in [0.3, 0.4) is 0 Å². The summed E-state index contributed by atoms with van der Waals surface area (Å²) in [5.74, 6) is -0.506. The lowest BCUT2D eigenvalue weighted by Crippen LogP contribution is -2.42. The summed E-state index contributed by atoms with van der Waals surface area (Å²) in [7, 11) is 0. The van der Waals surface area contributed by atoms with Crippen molar-refractivity contribution in [2.24, 2.45) is 5.92 Å². The predicted octanol–water partition coefficient (Wildman–Crippen LogP) is 2.29. The molecular weight excluding hydrogens is 282 g/mol. The smallest absolute Gasteiger partial charge is 0.323 e. The number of piperidine rings is 1. The second kappa shape index (κ2) is 6.34. The number of rotatable bonds is 2. The third kappa shape index (κ3) is 3.21. The minimum atomic E-state index is -0.767. The van der Waals surface area contributed by atoms with Gasteiger partial charge in [0, 0.05) is 19.3 Å². The van der Waals surface area contributed by atoms with Gasteiger partial charge in [0.1, 0.15) is 5.82 Å². The number of carboxylic acid groups (broad SMARTS) is 1. The number of fused-ring (bicyclic) bond motifs is 1. The zero-order chi connectivity index (χ0) is 15.5. The summed E-state index contributed by atoms with van der Waals surface area (Å²) in [6.07, 6.45) is 7.40. The lowest BCUT2D eigenvalue weighted by molar-refractivity contribution is -0.143. The highest BCUT2D eigenvalue weighted by Gasteiger charge is 2.27. The molecule has 6 nitrogen and oxygen atoms in total. The van der Waals surface area contributed by atoms with E-state index in [0.29, 0.717) is 31.7 Å². The molecule has 1 aromatic rings. The maximum absolute atomic E-state index is 12.2. The van der Waals surface area contributed by atoms with E-state index in [0.717, 1.165) is 12.8 Å². The van der Waals surface area contributed by atoms with Gasteiger partial charge in [0.05, 0.1) is 5.92 Å². The van der Waals surface area contributed by atoms with Gasteiger partial charge in [-0.15, -0.1) is 0 Å². The van der Waals surface area contributed by atoms with Crippen LogP contribution in [0, 0.1) is 5.92 Å². The summed E-state index contributed by atoms with van der Waals surface area (Å²) in [4.78, 5) is 29.2. The number of likely N-dealkylation sites (tertiary alicyclic amines) is 1. The zero-order valence-electron chi connectivity index (χ0n) is 12.5. The number of pyridine rings is 1. The molecule has 1 fully saturated rings. The highest BCUT2D eigenvalue weighted by atomic mass is 16.4. The Morgan fingerprint density at radius 2 is 1.86 bits per heavy atom. The monoisotopic (exact) mass is 303 g/mol. The molecule has 1 aliphatic heterocycles. The van der Waals surface area contributed by atoms with Crippen LogP contribution in [0.1, 0.15) is 36.8 Å².